The van der Waals surface area contributed by atoms with Gasteiger partial charge in [-0.1, -0.05) is 30.3 Å². The van der Waals surface area contributed by atoms with Crippen molar-refractivity contribution in [1.82, 2.24) is 24.5 Å². The predicted molar refractivity (Wildman–Crippen MR) is 112 cm³/mol. The molecule has 9 heteroatoms. The van der Waals surface area contributed by atoms with E-state index in [4.69, 9.17) is 0 Å². The van der Waals surface area contributed by atoms with Gasteiger partial charge in [0.05, 0.1) is 10.6 Å². The molecule has 0 aliphatic carbocycles. The first kappa shape index (κ1) is 19.0. The molecule has 2 N–H and O–H groups in total. The molecular formula is C20H20N6O2S. The van der Waals surface area contributed by atoms with E-state index in [1.807, 2.05) is 49.5 Å². The summed E-state index contributed by atoms with van der Waals surface area (Å²) < 4.78 is 29.4. The van der Waals surface area contributed by atoms with Crippen LogP contribution in [0.5, 0.6) is 0 Å². The van der Waals surface area contributed by atoms with Gasteiger partial charge in [0.1, 0.15) is 12.1 Å². The lowest BCUT2D eigenvalue weighted by atomic mass is 10.1. The quantitative estimate of drug-likeness (QED) is 0.456. The van der Waals surface area contributed by atoms with Crippen molar-refractivity contribution in [3.8, 4) is 5.82 Å². The van der Waals surface area contributed by atoms with Crippen molar-refractivity contribution in [1.29, 1.82) is 0 Å². The predicted octanol–water partition coefficient (Wildman–Crippen LogP) is 2.51. The molecular weight excluding hydrogens is 388 g/mol. The van der Waals surface area contributed by atoms with E-state index < -0.39 is 10.0 Å². The largest absolute Gasteiger partial charge is 0.369 e. The van der Waals surface area contributed by atoms with Gasteiger partial charge in [-0.25, -0.2) is 27.8 Å². The summed E-state index contributed by atoms with van der Waals surface area (Å²) in [6, 6.07) is 16.4. The number of aromatic nitrogens is 4. The van der Waals surface area contributed by atoms with E-state index in [-0.39, 0.29) is 11.4 Å². The maximum atomic E-state index is 12.6. The maximum Gasteiger partial charge on any atom is 0.240 e. The van der Waals surface area contributed by atoms with Crippen LogP contribution in [0.15, 0.2) is 72.0 Å². The van der Waals surface area contributed by atoms with Crippen LogP contribution in [-0.2, 0) is 10.0 Å². The van der Waals surface area contributed by atoms with Gasteiger partial charge >= 0.3 is 0 Å². The number of hydrogen-bond donors (Lipinski definition) is 2. The lowest BCUT2D eigenvalue weighted by Crippen LogP contribution is -2.29. The Morgan fingerprint density at radius 1 is 0.966 bits per heavy atom. The smallest absolute Gasteiger partial charge is 0.240 e. The molecule has 29 heavy (non-hydrogen) atoms. The lowest BCUT2D eigenvalue weighted by molar-refractivity contribution is 0.583. The van der Waals surface area contributed by atoms with Crippen molar-refractivity contribution in [2.45, 2.75) is 11.8 Å². The van der Waals surface area contributed by atoms with Gasteiger partial charge < -0.3 is 5.32 Å². The summed E-state index contributed by atoms with van der Waals surface area (Å²) in [6.07, 6.45) is 3.26. The number of benzene rings is 2. The fourth-order valence-corrected chi connectivity index (χ4v) is 3.97. The van der Waals surface area contributed by atoms with Crippen molar-refractivity contribution < 1.29 is 8.42 Å². The van der Waals surface area contributed by atoms with Gasteiger partial charge in [0, 0.05) is 25.4 Å². The Bertz CT molecular complexity index is 1250. The van der Waals surface area contributed by atoms with E-state index in [0.717, 1.165) is 16.5 Å². The highest BCUT2D eigenvalue weighted by molar-refractivity contribution is 7.89. The second-order valence-corrected chi connectivity index (χ2v) is 8.26. The highest BCUT2D eigenvalue weighted by Gasteiger charge is 2.13. The molecule has 0 saturated carbocycles. The number of sulfonamides is 1. The Morgan fingerprint density at radius 3 is 2.59 bits per heavy atom. The van der Waals surface area contributed by atoms with Crippen LogP contribution < -0.4 is 10.0 Å². The van der Waals surface area contributed by atoms with Gasteiger partial charge in [-0.3, -0.25) is 0 Å². The first-order chi connectivity index (χ1) is 14.0. The molecule has 0 aliphatic rings. The zero-order valence-corrected chi connectivity index (χ0v) is 16.6. The van der Waals surface area contributed by atoms with E-state index in [9.17, 15) is 8.42 Å². The highest BCUT2D eigenvalue weighted by atomic mass is 32.2. The second kappa shape index (κ2) is 7.98. The molecule has 0 bridgehead atoms. The topological polar surface area (TPSA) is 102 Å². The van der Waals surface area contributed by atoms with Gasteiger partial charge in [-0.2, -0.15) is 5.10 Å². The molecule has 0 radical (unpaired) electrons. The third kappa shape index (κ3) is 4.41. The number of aryl methyl sites for hydroxylation is 1. The van der Waals surface area contributed by atoms with E-state index >= 15 is 0 Å². The molecule has 0 saturated heterocycles. The first-order valence-corrected chi connectivity index (χ1v) is 10.6. The lowest BCUT2D eigenvalue weighted by Gasteiger charge is -2.10. The minimum atomic E-state index is -3.59. The Hall–Kier alpha value is -3.30. The Labute approximate surface area is 168 Å². The number of fused-ring (bicyclic) bond motifs is 1. The van der Waals surface area contributed by atoms with Crippen LogP contribution in [0.3, 0.4) is 0 Å². The third-order valence-electron chi connectivity index (χ3n) is 4.36. The molecule has 0 spiro atoms. The normalized spacial score (nSPS) is 11.6. The van der Waals surface area contributed by atoms with E-state index in [0.29, 0.717) is 18.2 Å². The summed E-state index contributed by atoms with van der Waals surface area (Å²) in [6.45, 7) is 2.50. The molecule has 0 amide bonds. The number of hydrogen-bond acceptors (Lipinski definition) is 6. The summed E-state index contributed by atoms with van der Waals surface area (Å²) >= 11 is 0. The summed E-state index contributed by atoms with van der Waals surface area (Å²) in [5, 5.41) is 9.29. The van der Waals surface area contributed by atoms with Crippen LogP contribution in [0.25, 0.3) is 16.6 Å². The molecule has 4 rings (SSSR count). The average Bonchev–Trinajstić information content (AvgIpc) is 3.17. The fraction of sp³-hybridized carbons (Fsp3) is 0.150. The molecule has 0 unspecified atom stereocenters. The third-order valence-corrected chi connectivity index (χ3v) is 5.82. The van der Waals surface area contributed by atoms with Crippen molar-refractivity contribution >= 4 is 26.6 Å². The first-order valence-electron chi connectivity index (χ1n) is 9.08. The summed E-state index contributed by atoms with van der Waals surface area (Å²) in [4.78, 5) is 8.60. The minimum absolute atomic E-state index is 0.218. The summed E-state index contributed by atoms with van der Waals surface area (Å²) in [7, 11) is -3.59. The Kier molecular flexibility index (Phi) is 5.24. The average molecular weight is 408 g/mol. The summed E-state index contributed by atoms with van der Waals surface area (Å²) in [5.41, 5.74) is 0.890. The van der Waals surface area contributed by atoms with Crippen LogP contribution in [0.1, 0.15) is 5.69 Å². The van der Waals surface area contributed by atoms with Gasteiger partial charge in [0.15, 0.2) is 5.82 Å². The molecule has 148 valence electrons. The molecule has 0 aliphatic heterocycles. The van der Waals surface area contributed by atoms with Crippen molar-refractivity contribution in [3.63, 3.8) is 0 Å². The highest BCUT2D eigenvalue weighted by Crippen LogP contribution is 2.18. The number of anilines is 1. The van der Waals surface area contributed by atoms with Crippen LogP contribution in [0, 0.1) is 6.92 Å². The molecule has 0 fully saturated rings. The molecule has 4 aromatic rings. The monoisotopic (exact) mass is 408 g/mol. The van der Waals surface area contributed by atoms with Crippen molar-refractivity contribution in [2.24, 2.45) is 0 Å². The van der Waals surface area contributed by atoms with Crippen LogP contribution in [0.2, 0.25) is 0 Å². The Balaban J connectivity index is 1.37. The number of rotatable bonds is 7. The number of nitrogens with zero attached hydrogens (tertiary/aromatic N) is 4. The van der Waals surface area contributed by atoms with E-state index in [1.165, 1.54) is 6.33 Å². The SMILES string of the molecule is Cc1ccn(-c2cc(NCCNS(=O)(=O)c3ccc4ccccc4c3)ncn2)n1. The molecule has 2 aromatic carbocycles. The molecule has 2 aromatic heterocycles. The van der Waals surface area contributed by atoms with Gasteiger partial charge in [0.25, 0.3) is 0 Å². The number of nitrogens with one attached hydrogen (secondary N) is 2. The minimum Gasteiger partial charge on any atom is -0.369 e. The molecule has 8 nitrogen and oxygen atoms in total. The molecule has 0 atom stereocenters. The summed E-state index contributed by atoms with van der Waals surface area (Å²) in [5.74, 6) is 1.22. The standard InChI is InChI=1S/C20H20N6O2S/c1-15-8-11-26(25-15)20-13-19(22-14-23-20)21-9-10-24-29(27,28)18-7-6-16-4-2-3-5-17(16)12-18/h2-8,11-14,24H,9-10H2,1H3,(H,21,22,23). The fourth-order valence-electron chi connectivity index (χ4n) is 2.91. The maximum absolute atomic E-state index is 12.6. The second-order valence-electron chi connectivity index (χ2n) is 6.50. The Morgan fingerprint density at radius 2 is 1.79 bits per heavy atom. The van der Waals surface area contributed by atoms with E-state index in [1.54, 1.807) is 22.9 Å². The van der Waals surface area contributed by atoms with Crippen LogP contribution in [0.4, 0.5) is 5.82 Å². The van der Waals surface area contributed by atoms with E-state index in [2.05, 4.69) is 25.1 Å². The zero-order valence-electron chi connectivity index (χ0n) is 15.8. The van der Waals surface area contributed by atoms with Gasteiger partial charge in [0.2, 0.25) is 10.0 Å². The van der Waals surface area contributed by atoms with Gasteiger partial charge in [-0.15, -0.1) is 0 Å². The van der Waals surface area contributed by atoms with Crippen molar-refractivity contribution in [2.75, 3.05) is 18.4 Å². The zero-order chi connectivity index (χ0) is 20.3. The van der Waals surface area contributed by atoms with Crippen molar-refractivity contribution in [3.05, 3.63) is 72.8 Å². The van der Waals surface area contributed by atoms with Crippen LogP contribution >= 0.6 is 0 Å². The molecule has 2 heterocycles. The van der Waals surface area contributed by atoms with Gasteiger partial charge in [-0.05, 0) is 35.9 Å². The van der Waals surface area contributed by atoms with Crippen LogP contribution in [-0.4, -0.2) is 41.3 Å².